The van der Waals surface area contributed by atoms with Crippen molar-refractivity contribution in [1.29, 1.82) is 0 Å². The lowest BCUT2D eigenvalue weighted by Crippen LogP contribution is -2.31. The average molecular weight is 398 g/mol. The Hall–Kier alpha value is -3.12. The molecule has 3 rings (SSSR count). The molecule has 6 nitrogen and oxygen atoms in total. The predicted molar refractivity (Wildman–Crippen MR) is 107 cm³/mol. The molecular weight excluding hydrogens is 378 g/mol. The van der Waals surface area contributed by atoms with Crippen molar-refractivity contribution in [3.63, 3.8) is 0 Å². The van der Waals surface area contributed by atoms with Gasteiger partial charge in [0.05, 0.1) is 17.3 Å². The minimum absolute atomic E-state index is 0.295. The quantitative estimate of drug-likeness (QED) is 0.641. The van der Waals surface area contributed by atoms with Crippen molar-refractivity contribution in [2.45, 2.75) is 19.9 Å². The summed E-state index contributed by atoms with van der Waals surface area (Å²) in [6, 6.07) is 15.7. The molecule has 1 atom stereocenters. The van der Waals surface area contributed by atoms with Crippen LogP contribution in [0.5, 0.6) is 0 Å². The second-order valence-electron chi connectivity index (χ2n) is 6.32. The van der Waals surface area contributed by atoms with Crippen LogP contribution in [0.1, 0.15) is 34.6 Å². The molecule has 3 aromatic rings. The number of benzene rings is 2. The Morgan fingerprint density at radius 2 is 1.86 bits per heavy atom. The molecule has 0 spiro atoms. The van der Waals surface area contributed by atoms with Gasteiger partial charge in [-0.25, -0.2) is 9.48 Å². The Morgan fingerprint density at radius 1 is 1.14 bits per heavy atom. The maximum absolute atomic E-state index is 12.2. The van der Waals surface area contributed by atoms with Crippen LogP contribution >= 0.6 is 11.6 Å². The highest BCUT2D eigenvalue weighted by Gasteiger charge is 2.15. The van der Waals surface area contributed by atoms with Crippen LogP contribution in [0.25, 0.3) is 5.69 Å². The number of rotatable bonds is 6. The van der Waals surface area contributed by atoms with Crippen LogP contribution in [-0.4, -0.2) is 28.3 Å². The second-order valence-corrected chi connectivity index (χ2v) is 6.73. The standard InChI is InChI=1S/C21H20ClN3O3/c1-14-11-12-23-25(14)17-9-7-16(8-10-17)21(27)28-13-20(26)24-15(2)18-5-3-4-6-19(18)22/h3-12,15H,13H2,1-2H3,(H,24,26)/t15-/m1/s1. The average Bonchev–Trinajstić information content (AvgIpc) is 3.12. The molecule has 0 aliphatic carbocycles. The summed E-state index contributed by atoms with van der Waals surface area (Å²) in [5.74, 6) is -0.964. The molecule has 0 bridgehead atoms. The van der Waals surface area contributed by atoms with E-state index in [1.807, 2.05) is 38.1 Å². The van der Waals surface area contributed by atoms with Crippen molar-refractivity contribution >= 4 is 23.5 Å². The van der Waals surface area contributed by atoms with Gasteiger partial charge in [0.2, 0.25) is 0 Å². The lowest BCUT2D eigenvalue weighted by molar-refractivity contribution is -0.124. The van der Waals surface area contributed by atoms with Crippen LogP contribution in [0.2, 0.25) is 5.02 Å². The van der Waals surface area contributed by atoms with E-state index < -0.39 is 11.9 Å². The molecule has 2 aromatic carbocycles. The molecule has 0 saturated carbocycles. The number of aromatic nitrogens is 2. The van der Waals surface area contributed by atoms with Crippen molar-refractivity contribution in [3.8, 4) is 5.69 Å². The largest absolute Gasteiger partial charge is 0.452 e. The van der Waals surface area contributed by atoms with Crippen molar-refractivity contribution in [2.24, 2.45) is 0 Å². The molecule has 0 aliphatic rings. The smallest absolute Gasteiger partial charge is 0.338 e. The zero-order chi connectivity index (χ0) is 20.1. The predicted octanol–water partition coefficient (Wildman–Crippen LogP) is 3.87. The molecule has 0 saturated heterocycles. The van der Waals surface area contributed by atoms with E-state index in [1.54, 1.807) is 41.2 Å². The summed E-state index contributed by atoms with van der Waals surface area (Å²) in [5.41, 5.74) is 2.99. The highest BCUT2D eigenvalue weighted by atomic mass is 35.5. The van der Waals surface area contributed by atoms with E-state index in [0.717, 1.165) is 16.9 Å². The SMILES string of the molecule is Cc1ccnn1-c1ccc(C(=O)OCC(=O)N[C@H](C)c2ccccc2Cl)cc1. The van der Waals surface area contributed by atoms with E-state index in [1.165, 1.54) is 0 Å². The number of nitrogens with one attached hydrogen (secondary N) is 1. The van der Waals surface area contributed by atoms with Gasteiger partial charge in [0.25, 0.3) is 5.91 Å². The molecule has 1 aromatic heterocycles. The third-order valence-corrected chi connectivity index (χ3v) is 4.61. The van der Waals surface area contributed by atoms with Crippen molar-refractivity contribution in [2.75, 3.05) is 6.61 Å². The lowest BCUT2D eigenvalue weighted by atomic mass is 10.1. The number of amides is 1. The van der Waals surface area contributed by atoms with E-state index in [4.69, 9.17) is 16.3 Å². The molecule has 0 unspecified atom stereocenters. The van der Waals surface area contributed by atoms with Crippen molar-refractivity contribution < 1.29 is 14.3 Å². The maximum atomic E-state index is 12.2. The summed E-state index contributed by atoms with van der Waals surface area (Å²) >= 11 is 6.13. The van der Waals surface area contributed by atoms with Gasteiger partial charge in [0.15, 0.2) is 6.61 Å². The minimum atomic E-state index is -0.565. The van der Waals surface area contributed by atoms with Gasteiger partial charge in [-0.05, 0) is 55.8 Å². The van der Waals surface area contributed by atoms with Gasteiger partial charge in [-0.2, -0.15) is 5.10 Å². The highest BCUT2D eigenvalue weighted by Crippen LogP contribution is 2.22. The first-order chi connectivity index (χ1) is 13.5. The van der Waals surface area contributed by atoms with Gasteiger partial charge in [0, 0.05) is 16.9 Å². The fourth-order valence-corrected chi connectivity index (χ4v) is 3.08. The Balaban J connectivity index is 1.54. The fourth-order valence-electron chi connectivity index (χ4n) is 2.78. The van der Waals surface area contributed by atoms with Crippen molar-refractivity contribution in [1.82, 2.24) is 15.1 Å². The Morgan fingerprint density at radius 3 is 2.50 bits per heavy atom. The van der Waals surface area contributed by atoms with Gasteiger partial charge in [0.1, 0.15) is 0 Å². The highest BCUT2D eigenvalue weighted by molar-refractivity contribution is 6.31. The van der Waals surface area contributed by atoms with Gasteiger partial charge in [-0.3, -0.25) is 4.79 Å². The summed E-state index contributed by atoms with van der Waals surface area (Å²) in [6.07, 6.45) is 1.71. The molecule has 0 radical (unpaired) electrons. The number of hydrogen-bond donors (Lipinski definition) is 1. The van der Waals surface area contributed by atoms with Crippen LogP contribution in [0, 0.1) is 6.92 Å². The van der Waals surface area contributed by atoms with Crippen molar-refractivity contribution in [3.05, 3.63) is 82.6 Å². The zero-order valence-corrected chi connectivity index (χ0v) is 16.3. The minimum Gasteiger partial charge on any atom is -0.452 e. The summed E-state index contributed by atoms with van der Waals surface area (Å²) in [5, 5.41) is 7.55. The van der Waals surface area contributed by atoms with E-state index in [2.05, 4.69) is 10.4 Å². The zero-order valence-electron chi connectivity index (χ0n) is 15.6. The molecule has 0 fully saturated rings. The van der Waals surface area contributed by atoms with Crippen LogP contribution in [0.15, 0.2) is 60.8 Å². The van der Waals surface area contributed by atoms with Gasteiger partial charge in [-0.1, -0.05) is 29.8 Å². The first-order valence-electron chi connectivity index (χ1n) is 8.77. The van der Waals surface area contributed by atoms with E-state index in [9.17, 15) is 9.59 Å². The van der Waals surface area contributed by atoms with E-state index >= 15 is 0 Å². The normalized spacial score (nSPS) is 11.7. The number of nitrogens with zero attached hydrogens (tertiary/aromatic N) is 2. The number of aryl methyl sites for hydroxylation is 1. The summed E-state index contributed by atoms with van der Waals surface area (Å²) in [7, 11) is 0. The number of carbonyl (C=O) groups excluding carboxylic acids is 2. The van der Waals surface area contributed by atoms with Crippen LogP contribution in [0.4, 0.5) is 0 Å². The molecule has 7 heteroatoms. The number of halogens is 1. The fraction of sp³-hybridized carbons (Fsp3) is 0.190. The topological polar surface area (TPSA) is 73.2 Å². The molecule has 28 heavy (non-hydrogen) atoms. The van der Waals surface area contributed by atoms with Gasteiger partial charge in [-0.15, -0.1) is 0 Å². The summed E-state index contributed by atoms with van der Waals surface area (Å²) in [6.45, 7) is 3.39. The lowest BCUT2D eigenvalue weighted by Gasteiger charge is -2.15. The molecular formula is C21H20ClN3O3. The molecule has 0 aliphatic heterocycles. The molecule has 1 heterocycles. The monoisotopic (exact) mass is 397 g/mol. The summed E-state index contributed by atoms with van der Waals surface area (Å²) < 4.78 is 6.87. The van der Waals surface area contributed by atoms with Crippen LogP contribution in [-0.2, 0) is 9.53 Å². The van der Waals surface area contributed by atoms with Crippen LogP contribution in [0.3, 0.4) is 0 Å². The molecule has 1 N–H and O–H groups in total. The molecule has 144 valence electrons. The van der Waals surface area contributed by atoms with E-state index in [0.29, 0.717) is 10.6 Å². The maximum Gasteiger partial charge on any atom is 0.338 e. The third-order valence-electron chi connectivity index (χ3n) is 4.26. The Labute approximate surface area is 168 Å². The number of ether oxygens (including phenoxy) is 1. The Kier molecular flexibility index (Phi) is 6.11. The first-order valence-corrected chi connectivity index (χ1v) is 9.15. The van der Waals surface area contributed by atoms with Crippen LogP contribution < -0.4 is 5.32 Å². The van der Waals surface area contributed by atoms with Gasteiger partial charge >= 0.3 is 5.97 Å². The summed E-state index contributed by atoms with van der Waals surface area (Å²) in [4.78, 5) is 24.3. The third kappa shape index (κ3) is 4.58. The first kappa shape index (κ1) is 19.6. The molecule has 1 amide bonds. The van der Waals surface area contributed by atoms with Gasteiger partial charge < -0.3 is 10.1 Å². The number of hydrogen-bond acceptors (Lipinski definition) is 4. The van der Waals surface area contributed by atoms with E-state index in [-0.39, 0.29) is 12.6 Å². The Bertz CT molecular complexity index is 983. The number of esters is 1. The number of carbonyl (C=O) groups is 2. The second kappa shape index (κ2) is 8.71.